The minimum atomic E-state index is -0.234. The maximum Gasteiger partial charge on any atom is 0.255 e. The van der Waals surface area contributed by atoms with Gasteiger partial charge in [-0.25, -0.2) is 0 Å². The lowest BCUT2D eigenvalue weighted by Crippen LogP contribution is -2.48. The Morgan fingerprint density at radius 2 is 1.62 bits per heavy atom. The summed E-state index contributed by atoms with van der Waals surface area (Å²) in [6.07, 6.45) is 0.940. The van der Waals surface area contributed by atoms with Crippen LogP contribution in [0.5, 0.6) is 11.5 Å². The molecule has 1 saturated heterocycles. The molecule has 3 aromatic carbocycles. The molecule has 0 aromatic heterocycles. The van der Waals surface area contributed by atoms with Crippen LogP contribution < -0.4 is 19.7 Å². The number of benzene rings is 3. The fourth-order valence-electron chi connectivity index (χ4n) is 4.18. The Kier molecular flexibility index (Phi) is 8.90. The van der Waals surface area contributed by atoms with Crippen LogP contribution >= 0.6 is 11.6 Å². The molecule has 8 heteroatoms. The smallest absolute Gasteiger partial charge is 0.255 e. The number of nitrogens with one attached hydrogen (secondary N) is 1. The van der Waals surface area contributed by atoms with E-state index >= 15 is 0 Å². The summed E-state index contributed by atoms with van der Waals surface area (Å²) >= 11 is 6.60. The van der Waals surface area contributed by atoms with Crippen LogP contribution in [0.4, 0.5) is 11.4 Å². The molecular formula is C29H32ClN3O4. The van der Waals surface area contributed by atoms with E-state index in [2.05, 4.69) is 17.1 Å². The van der Waals surface area contributed by atoms with Gasteiger partial charge in [-0.15, -0.1) is 0 Å². The van der Waals surface area contributed by atoms with Crippen molar-refractivity contribution in [3.05, 3.63) is 82.9 Å². The summed E-state index contributed by atoms with van der Waals surface area (Å²) in [5, 5.41) is 3.44. The van der Waals surface area contributed by atoms with Gasteiger partial charge in [-0.1, -0.05) is 24.6 Å². The van der Waals surface area contributed by atoms with E-state index in [-0.39, 0.29) is 11.8 Å². The van der Waals surface area contributed by atoms with Crippen molar-refractivity contribution in [1.82, 2.24) is 4.90 Å². The van der Waals surface area contributed by atoms with Crippen molar-refractivity contribution >= 4 is 34.8 Å². The summed E-state index contributed by atoms with van der Waals surface area (Å²) in [7, 11) is 0. The highest BCUT2D eigenvalue weighted by Crippen LogP contribution is 2.30. The Morgan fingerprint density at radius 1 is 0.865 bits per heavy atom. The number of hydrogen-bond acceptors (Lipinski definition) is 5. The van der Waals surface area contributed by atoms with E-state index in [0.717, 1.165) is 17.9 Å². The summed E-state index contributed by atoms with van der Waals surface area (Å²) < 4.78 is 11.1. The lowest BCUT2D eigenvalue weighted by molar-refractivity contribution is 0.0746. The molecule has 3 aromatic rings. The zero-order chi connectivity index (χ0) is 26.2. The topological polar surface area (TPSA) is 71.1 Å². The molecule has 1 heterocycles. The van der Waals surface area contributed by atoms with Gasteiger partial charge in [-0.3, -0.25) is 9.59 Å². The Balaban J connectivity index is 1.33. The molecule has 194 valence electrons. The number of carbonyl (C=O) groups is 2. The van der Waals surface area contributed by atoms with Crippen molar-refractivity contribution in [2.45, 2.75) is 20.3 Å². The molecule has 1 fully saturated rings. The Hall–Kier alpha value is -3.71. The molecule has 0 bridgehead atoms. The van der Waals surface area contributed by atoms with E-state index in [1.807, 2.05) is 54.3 Å². The lowest BCUT2D eigenvalue weighted by Gasteiger charge is -2.36. The first-order chi connectivity index (χ1) is 18.0. The Bertz CT molecular complexity index is 1220. The van der Waals surface area contributed by atoms with Gasteiger partial charge in [-0.2, -0.15) is 0 Å². The quantitative estimate of drug-likeness (QED) is 0.388. The number of hydrogen-bond donors (Lipinski definition) is 1. The van der Waals surface area contributed by atoms with Gasteiger partial charge < -0.3 is 24.6 Å². The molecule has 0 unspecified atom stereocenters. The van der Waals surface area contributed by atoms with E-state index < -0.39 is 0 Å². The molecule has 0 spiro atoms. The number of halogens is 1. The van der Waals surface area contributed by atoms with Gasteiger partial charge in [0.15, 0.2) is 0 Å². The van der Waals surface area contributed by atoms with Gasteiger partial charge in [0.2, 0.25) is 0 Å². The highest BCUT2D eigenvalue weighted by molar-refractivity contribution is 6.33. The maximum atomic E-state index is 12.9. The molecule has 37 heavy (non-hydrogen) atoms. The second-order valence-corrected chi connectivity index (χ2v) is 9.14. The van der Waals surface area contributed by atoms with Crippen LogP contribution in [-0.4, -0.2) is 56.1 Å². The van der Waals surface area contributed by atoms with E-state index in [1.54, 1.807) is 24.3 Å². The fraction of sp³-hybridized carbons (Fsp3) is 0.310. The number of piperazine rings is 1. The summed E-state index contributed by atoms with van der Waals surface area (Å²) in [5.74, 6) is 1.21. The Labute approximate surface area is 222 Å². The molecular weight excluding hydrogens is 490 g/mol. The van der Waals surface area contributed by atoms with Gasteiger partial charge in [0, 0.05) is 43.0 Å². The van der Waals surface area contributed by atoms with Crippen molar-refractivity contribution in [1.29, 1.82) is 0 Å². The molecule has 0 saturated carbocycles. The molecule has 0 radical (unpaired) electrons. The monoisotopic (exact) mass is 521 g/mol. The Morgan fingerprint density at radius 3 is 2.30 bits per heavy atom. The highest BCUT2D eigenvalue weighted by Gasteiger charge is 2.23. The van der Waals surface area contributed by atoms with Crippen LogP contribution in [0, 0.1) is 0 Å². The lowest BCUT2D eigenvalue weighted by atomic mass is 10.1. The van der Waals surface area contributed by atoms with Crippen molar-refractivity contribution in [2.24, 2.45) is 0 Å². The number of rotatable bonds is 9. The van der Waals surface area contributed by atoms with Gasteiger partial charge in [0.1, 0.15) is 11.5 Å². The molecule has 4 rings (SSSR count). The van der Waals surface area contributed by atoms with Crippen LogP contribution in [0.15, 0.2) is 66.7 Å². The van der Waals surface area contributed by atoms with Crippen LogP contribution in [0.3, 0.4) is 0 Å². The average molecular weight is 522 g/mol. The summed E-state index contributed by atoms with van der Waals surface area (Å²) in [5.41, 5.74) is 2.65. The number of nitrogens with zero attached hydrogens (tertiary/aromatic N) is 2. The SMILES string of the molecule is CCCOc1ccc(C(=O)N2CCN(c3ccc(NC(=O)c4cccc(OCC)c4)cc3Cl)CC2)cc1. The van der Waals surface area contributed by atoms with E-state index in [9.17, 15) is 9.59 Å². The number of ether oxygens (including phenoxy) is 2. The standard InChI is InChI=1S/C29H32ClN3O4/c1-3-18-37-24-11-8-21(9-12-24)29(35)33-16-14-32(15-17-33)27-13-10-23(20-26(27)30)31-28(34)22-6-5-7-25(19-22)36-4-2/h5-13,19-20H,3-4,14-18H2,1-2H3,(H,31,34). The fourth-order valence-corrected chi connectivity index (χ4v) is 4.48. The molecule has 1 aliphatic rings. The van der Waals surface area contributed by atoms with Gasteiger partial charge in [0.25, 0.3) is 11.8 Å². The van der Waals surface area contributed by atoms with Crippen molar-refractivity contribution in [2.75, 3.05) is 49.6 Å². The first-order valence-electron chi connectivity index (χ1n) is 12.6. The number of amides is 2. The molecule has 7 nitrogen and oxygen atoms in total. The zero-order valence-corrected chi connectivity index (χ0v) is 22.0. The molecule has 1 N–H and O–H groups in total. The maximum absolute atomic E-state index is 12.9. The number of anilines is 2. The molecule has 0 aliphatic carbocycles. The van der Waals surface area contributed by atoms with Crippen molar-refractivity contribution in [3.8, 4) is 11.5 Å². The molecule has 0 atom stereocenters. The summed E-state index contributed by atoms with van der Waals surface area (Å²) in [6.45, 7) is 7.67. The minimum Gasteiger partial charge on any atom is -0.494 e. The minimum absolute atomic E-state index is 0.0132. The van der Waals surface area contributed by atoms with Crippen molar-refractivity contribution < 1.29 is 19.1 Å². The third kappa shape index (κ3) is 6.74. The van der Waals surface area contributed by atoms with E-state index in [0.29, 0.717) is 67.0 Å². The number of carbonyl (C=O) groups excluding carboxylic acids is 2. The third-order valence-electron chi connectivity index (χ3n) is 6.09. The van der Waals surface area contributed by atoms with E-state index in [4.69, 9.17) is 21.1 Å². The van der Waals surface area contributed by atoms with Crippen LogP contribution in [-0.2, 0) is 0 Å². The summed E-state index contributed by atoms with van der Waals surface area (Å²) in [6, 6.07) is 19.9. The second-order valence-electron chi connectivity index (χ2n) is 8.73. The van der Waals surface area contributed by atoms with Crippen molar-refractivity contribution in [3.63, 3.8) is 0 Å². The highest BCUT2D eigenvalue weighted by atomic mass is 35.5. The zero-order valence-electron chi connectivity index (χ0n) is 21.2. The molecule has 2 amide bonds. The van der Waals surface area contributed by atoms with Crippen LogP contribution in [0.1, 0.15) is 41.0 Å². The first-order valence-corrected chi connectivity index (χ1v) is 13.0. The first kappa shape index (κ1) is 26.4. The predicted molar refractivity (Wildman–Crippen MR) is 147 cm³/mol. The molecule has 1 aliphatic heterocycles. The second kappa shape index (κ2) is 12.5. The van der Waals surface area contributed by atoms with Gasteiger partial charge >= 0.3 is 0 Å². The van der Waals surface area contributed by atoms with Crippen LogP contribution in [0.2, 0.25) is 5.02 Å². The average Bonchev–Trinajstić information content (AvgIpc) is 2.92. The third-order valence-corrected chi connectivity index (χ3v) is 6.40. The summed E-state index contributed by atoms with van der Waals surface area (Å²) in [4.78, 5) is 29.7. The normalized spacial score (nSPS) is 13.3. The van der Waals surface area contributed by atoms with Gasteiger partial charge in [0.05, 0.1) is 23.9 Å². The predicted octanol–water partition coefficient (Wildman–Crippen LogP) is 5.74. The van der Waals surface area contributed by atoms with E-state index in [1.165, 1.54) is 0 Å². The van der Waals surface area contributed by atoms with Crippen LogP contribution in [0.25, 0.3) is 0 Å². The van der Waals surface area contributed by atoms with Gasteiger partial charge in [-0.05, 0) is 74.0 Å². The largest absolute Gasteiger partial charge is 0.494 e.